The number of rotatable bonds is 2. The van der Waals surface area contributed by atoms with Gasteiger partial charge in [0.1, 0.15) is 11.6 Å². The van der Waals surface area contributed by atoms with E-state index in [1.54, 1.807) is 25.1 Å². The molecule has 1 aromatic carbocycles. The standard InChI is InChI=1S/C18H21FN6O2/c1-23(2)18(27)24-8-11-6-15-21-22-16(25(15)10-12(11)9-24)17(26)20-14-5-3-4-13(19)7-14/h3-5,7,11-12H,6,8-10H2,1-2H3,(H,20,26). The zero-order valence-corrected chi connectivity index (χ0v) is 15.2. The lowest BCUT2D eigenvalue weighted by molar-refractivity contribution is 0.100. The molecule has 4 rings (SSSR count). The third-order valence-electron chi connectivity index (χ3n) is 5.20. The van der Waals surface area contributed by atoms with Crippen LogP contribution >= 0.6 is 0 Å². The van der Waals surface area contributed by atoms with Gasteiger partial charge in [0.2, 0.25) is 5.82 Å². The van der Waals surface area contributed by atoms with Crippen molar-refractivity contribution in [2.45, 2.75) is 13.0 Å². The minimum Gasteiger partial charge on any atom is -0.331 e. The van der Waals surface area contributed by atoms with Gasteiger partial charge in [0.25, 0.3) is 5.91 Å². The normalized spacial score (nSPS) is 20.8. The smallest absolute Gasteiger partial charge is 0.319 e. The summed E-state index contributed by atoms with van der Waals surface area (Å²) in [6.45, 7) is 1.94. The summed E-state index contributed by atoms with van der Waals surface area (Å²) in [5, 5.41) is 10.9. The maximum absolute atomic E-state index is 13.3. The Morgan fingerprint density at radius 2 is 1.96 bits per heavy atom. The van der Waals surface area contributed by atoms with Gasteiger partial charge in [0, 0.05) is 45.8 Å². The van der Waals surface area contributed by atoms with E-state index in [1.165, 1.54) is 18.2 Å². The van der Waals surface area contributed by atoms with Gasteiger partial charge >= 0.3 is 6.03 Å². The summed E-state index contributed by atoms with van der Waals surface area (Å²) >= 11 is 0. The Balaban J connectivity index is 1.50. The van der Waals surface area contributed by atoms with Crippen molar-refractivity contribution in [3.63, 3.8) is 0 Å². The number of carbonyl (C=O) groups is 2. The predicted octanol–water partition coefficient (Wildman–Crippen LogP) is 1.46. The lowest BCUT2D eigenvalue weighted by Gasteiger charge is -2.25. The van der Waals surface area contributed by atoms with Crippen LogP contribution < -0.4 is 5.32 Å². The van der Waals surface area contributed by atoms with Gasteiger partial charge in [-0.2, -0.15) is 0 Å². The SMILES string of the molecule is CN(C)C(=O)N1CC2Cc3nnc(C(=O)Nc4cccc(F)c4)n3CC2C1. The summed E-state index contributed by atoms with van der Waals surface area (Å²) < 4.78 is 15.1. The highest BCUT2D eigenvalue weighted by Crippen LogP contribution is 2.33. The van der Waals surface area contributed by atoms with Gasteiger partial charge in [0.15, 0.2) is 0 Å². The Morgan fingerprint density at radius 3 is 2.70 bits per heavy atom. The molecule has 2 aromatic rings. The summed E-state index contributed by atoms with van der Waals surface area (Å²) in [6, 6.07) is 5.72. The van der Waals surface area contributed by atoms with E-state index in [9.17, 15) is 14.0 Å². The monoisotopic (exact) mass is 372 g/mol. The Bertz CT molecular complexity index is 896. The van der Waals surface area contributed by atoms with Crippen LogP contribution in [0.15, 0.2) is 24.3 Å². The first-order valence-corrected chi connectivity index (χ1v) is 8.87. The first-order chi connectivity index (χ1) is 12.9. The third-order valence-corrected chi connectivity index (χ3v) is 5.20. The van der Waals surface area contributed by atoms with E-state index in [-0.39, 0.29) is 17.8 Å². The van der Waals surface area contributed by atoms with Gasteiger partial charge in [-0.3, -0.25) is 4.79 Å². The fraction of sp³-hybridized carbons (Fsp3) is 0.444. The number of urea groups is 1. The van der Waals surface area contributed by atoms with Crippen LogP contribution in [0.25, 0.3) is 0 Å². The molecule has 9 heteroatoms. The van der Waals surface area contributed by atoms with E-state index in [2.05, 4.69) is 15.5 Å². The highest BCUT2D eigenvalue weighted by atomic mass is 19.1. The molecule has 0 spiro atoms. The van der Waals surface area contributed by atoms with Crippen molar-refractivity contribution in [2.24, 2.45) is 11.8 Å². The molecule has 0 radical (unpaired) electrons. The number of aromatic nitrogens is 3. The first-order valence-electron chi connectivity index (χ1n) is 8.87. The lowest BCUT2D eigenvalue weighted by atomic mass is 9.89. The first kappa shape index (κ1) is 17.4. The molecular formula is C18H21FN6O2. The Morgan fingerprint density at radius 1 is 1.19 bits per heavy atom. The molecule has 3 heterocycles. The molecule has 2 aliphatic rings. The number of fused-ring (bicyclic) bond motifs is 2. The van der Waals surface area contributed by atoms with Gasteiger partial charge in [-0.05, 0) is 30.0 Å². The number of hydrogen-bond acceptors (Lipinski definition) is 4. The highest BCUT2D eigenvalue weighted by Gasteiger charge is 2.41. The quantitative estimate of drug-likeness (QED) is 0.865. The second kappa shape index (κ2) is 6.64. The predicted molar refractivity (Wildman–Crippen MR) is 95.7 cm³/mol. The van der Waals surface area contributed by atoms with Crippen molar-refractivity contribution in [1.29, 1.82) is 0 Å². The number of carbonyl (C=O) groups excluding carboxylic acids is 2. The minimum atomic E-state index is -0.421. The van der Waals surface area contributed by atoms with E-state index >= 15 is 0 Å². The van der Waals surface area contributed by atoms with Gasteiger partial charge < -0.3 is 19.7 Å². The molecular weight excluding hydrogens is 351 g/mol. The lowest BCUT2D eigenvalue weighted by Crippen LogP contribution is -2.37. The third kappa shape index (κ3) is 3.24. The van der Waals surface area contributed by atoms with Gasteiger partial charge in [0.05, 0.1) is 0 Å². The highest BCUT2D eigenvalue weighted by molar-refractivity contribution is 6.01. The number of likely N-dealkylation sites (tertiary alicyclic amines) is 1. The van der Waals surface area contributed by atoms with E-state index in [1.807, 2.05) is 9.47 Å². The largest absolute Gasteiger partial charge is 0.331 e. The Kier molecular flexibility index (Phi) is 4.29. The second-order valence-electron chi connectivity index (χ2n) is 7.32. The Hall–Kier alpha value is -2.97. The molecule has 3 amide bonds. The van der Waals surface area contributed by atoms with Crippen molar-refractivity contribution >= 4 is 17.6 Å². The average molecular weight is 372 g/mol. The van der Waals surface area contributed by atoms with Crippen molar-refractivity contribution < 1.29 is 14.0 Å². The summed E-state index contributed by atoms with van der Waals surface area (Å²) in [5.41, 5.74) is 0.370. The van der Waals surface area contributed by atoms with Crippen LogP contribution in [-0.4, -0.2) is 63.7 Å². The summed E-state index contributed by atoms with van der Waals surface area (Å²) in [7, 11) is 3.49. The van der Waals surface area contributed by atoms with Crippen molar-refractivity contribution in [2.75, 3.05) is 32.5 Å². The number of anilines is 1. The topological polar surface area (TPSA) is 83.4 Å². The zero-order chi connectivity index (χ0) is 19.1. The van der Waals surface area contributed by atoms with Crippen molar-refractivity contribution in [3.8, 4) is 0 Å². The Labute approximate surface area is 156 Å². The molecule has 27 heavy (non-hydrogen) atoms. The number of nitrogens with zero attached hydrogens (tertiary/aromatic N) is 5. The minimum absolute atomic E-state index is 0.00392. The molecule has 1 aromatic heterocycles. The van der Waals surface area contributed by atoms with E-state index in [0.717, 1.165) is 5.82 Å². The number of halogens is 1. The van der Waals surface area contributed by atoms with Crippen LogP contribution in [0, 0.1) is 17.7 Å². The molecule has 142 valence electrons. The number of amides is 3. The van der Waals surface area contributed by atoms with Crippen LogP contribution in [0.2, 0.25) is 0 Å². The molecule has 2 aliphatic heterocycles. The zero-order valence-electron chi connectivity index (χ0n) is 15.2. The van der Waals surface area contributed by atoms with E-state index in [4.69, 9.17) is 0 Å². The average Bonchev–Trinajstić information content (AvgIpc) is 3.21. The van der Waals surface area contributed by atoms with E-state index in [0.29, 0.717) is 37.7 Å². The van der Waals surface area contributed by atoms with Crippen LogP contribution in [-0.2, 0) is 13.0 Å². The molecule has 1 fully saturated rings. The number of nitrogens with one attached hydrogen (secondary N) is 1. The maximum atomic E-state index is 13.3. The number of hydrogen-bond donors (Lipinski definition) is 1. The molecule has 2 atom stereocenters. The molecule has 8 nitrogen and oxygen atoms in total. The van der Waals surface area contributed by atoms with Crippen LogP contribution in [0.3, 0.4) is 0 Å². The van der Waals surface area contributed by atoms with Gasteiger partial charge in [-0.1, -0.05) is 6.07 Å². The van der Waals surface area contributed by atoms with Gasteiger partial charge in [-0.15, -0.1) is 10.2 Å². The molecule has 1 saturated heterocycles. The van der Waals surface area contributed by atoms with Gasteiger partial charge in [-0.25, -0.2) is 9.18 Å². The summed E-state index contributed by atoms with van der Waals surface area (Å²) in [5.74, 6) is 0.709. The summed E-state index contributed by atoms with van der Waals surface area (Å²) in [4.78, 5) is 28.2. The van der Waals surface area contributed by atoms with Crippen LogP contribution in [0.1, 0.15) is 16.4 Å². The fourth-order valence-corrected chi connectivity index (χ4v) is 3.88. The molecule has 2 unspecified atom stereocenters. The second-order valence-corrected chi connectivity index (χ2v) is 7.32. The van der Waals surface area contributed by atoms with E-state index < -0.39 is 11.7 Å². The summed E-state index contributed by atoms with van der Waals surface area (Å²) in [6.07, 6.45) is 0.683. The van der Waals surface area contributed by atoms with Crippen LogP contribution in [0.4, 0.5) is 14.9 Å². The maximum Gasteiger partial charge on any atom is 0.319 e. The van der Waals surface area contributed by atoms with Crippen LogP contribution in [0.5, 0.6) is 0 Å². The molecule has 0 aliphatic carbocycles. The number of benzene rings is 1. The van der Waals surface area contributed by atoms with Crippen molar-refractivity contribution in [1.82, 2.24) is 24.6 Å². The fourth-order valence-electron chi connectivity index (χ4n) is 3.88. The molecule has 1 N–H and O–H groups in total. The molecule has 0 bridgehead atoms. The van der Waals surface area contributed by atoms with Crippen molar-refractivity contribution in [3.05, 3.63) is 41.7 Å². The molecule has 0 saturated carbocycles.